The third-order valence-corrected chi connectivity index (χ3v) is 4.19. The molecule has 1 atom stereocenters. The molecule has 2 amide bonds. The maximum absolute atomic E-state index is 12.6. The fourth-order valence-corrected chi connectivity index (χ4v) is 2.97. The average Bonchev–Trinajstić information content (AvgIpc) is 2.77. The number of rotatable bonds is 4. The van der Waals surface area contributed by atoms with Crippen LogP contribution in [0.25, 0.3) is 11.0 Å². The van der Waals surface area contributed by atoms with Crippen LogP contribution in [0, 0.1) is 0 Å². The highest BCUT2D eigenvalue weighted by Crippen LogP contribution is 2.24. The highest BCUT2D eigenvalue weighted by Gasteiger charge is 2.31. The second-order valence-electron chi connectivity index (χ2n) is 5.81. The van der Waals surface area contributed by atoms with E-state index in [4.69, 9.17) is 0 Å². The molecule has 7 nitrogen and oxygen atoms in total. The number of hydrogen-bond donors (Lipinski definition) is 2. The van der Waals surface area contributed by atoms with Gasteiger partial charge in [-0.3, -0.25) is 24.0 Å². The highest BCUT2D eigenvalue weighted by molar-refractivity contribution is 6.00. The maximum Gasteiger partial charge on any atom is 0.329 e. The van der Waals surface area contributed by atoms with Gasteiger partial charge in [0.2, 0.25) is 11.8 Å². The van der Waals surface area contributed by atoms with Crippen molar-refractivity contribution in [3.8, 4) is 0 Å². The first-order valence-electron chi connectivity index (χ1n) is 7.81. The second-order valence-corrected chi connectivity index (χ2v) is 5.81. The van der Waals surface area contributed by atoms with Crippen LogP contribution in [0.1, 0.15) is 32.2 Å². The predicted molar refractivity (Wildman–Crippen MR) is 87.4 cm³/mol. The lowest BCUT2D eigenvalue weighted by atomic mass is 10.1. The number of aromatic nitrogens is 2. The summed E-state index contributed by atoms with van der Waals surface area (Å²) in [5, 5.41) is 5.60. The van der Waals surface area contributed by atoms with Crippen LogP contribution < -0.4 is 16.3 Å². The highest BCUT2D eigenvalue weighted by atomic mass is 16.2. The minimum atomic E-state index is -0.640. The van der Waals surface area contributed by atoms with Gasteiger partial charge in [0.15, 0.2) is 0 Å². The van der Waals surface area contributed by atoms with Crippen LogP contribution in [0.3, 0.4) is 0 Å². The van der Waals surface area contributed by atoms with Gasteiger partial charge in [-0.25, -0.2) is 4.79 Å². The van der Waals surface area contributed by atoms with Crippen LogP contribution in [0.4, 0.5) is 5.69 Å². The molecular formula is C16H20N4O3. The van der Waals surface area contributed by atoms with Gasteiger partial charge in [0, 0.05) is 25.7 Å². The van der Waals surface area contributed by atoms with Gasteiger partial charge in [0.1, 0.15) is 6.04 Å². The van der Waals surface area contributed by atoms with Crippen LogP contribution in [0.2, 0.25) is 0 Å². The standard InChI is InChI=1S/C16H20N4O3/c1-3-8-17-10-4-5-11-13(9-10)19(2)16(23)20(11)12-6-7-14(21)18-15(12)22/h4-5,9,12,17H,3,6-8H2,1-2H3,(H,18,21,22). The number of amides is 2. The van der Waals surface area contributed by atoms with Crippen molar-refractivity contribution in [3.05, 3.63) is 28.7 Å². The Morgan fingerprint density at radius 2 is 2.04 bits per heavy atom. The van der Waals surface area contributed by atoms with E-state index in [1.165, 1.54) is 9.13 Å². The molecule has 0 saturated carbocycles. The SMILES string of the molecule is CCCNc1ccc2c(c1)n(C)c(=O)n2C1CCC(=O)NC1=O. The first-order chi connectivity index (χ1) is 11.0. The molecule has 0 aliphatic carbocycles. The van der Waals surface area contributed by atoms with Crippen LogP contribution in [-0.2, 0) is 16.6 Å². The van der Waals surface area contributed by atoms with Crippen LogP contribution in [0.15, 0.2) is 23.0 Å². The Kier molecular flexibility index (Phi) is 3.94. The number of fused-ring (bicyclic) bond motifs is 1. The van der Waals surface area contributed by atoms with E-state index in [1.54, 1.807) is 7.05 Å². The van der Waals surface area contributed by atoms with Crippen molar-refractivity contribution >= 4 is 28.5 Å². The van der Waals surface area contributed by atoms with Crippen molar-refractivity contribution in [2.24, 2.45) is 7.05 Å². The molecule has 1 aromatic carbocycles. The summed E-state index contributed by atoms with van der Waals surface area (Å²) in [7, 11) is 1.69. The van der Waals surface area contributed by atoms with Gasteiger partial charge >= 0.3 is 5.69 Å². The molecule has 1 aliphatic rings. The van der Waals surface area contributed by atoms with Crippen molar-refractivity contribution in [1.82, 2.24) is 14.5 Å². The van der Waals surface area contributed by atoms with Gasteiger partial charge in [-0.05, 0) is 31.0 Å². The van der Waals surface area contributed by atoms with E-state index in [-0.39, 0.29) is 18.0 Å². The lowest BCUT2D eigenvalue weighted by molar-refractivity contribution is -0.135. The quantitative estimate of drug-likeness (QED) is 0.828. The Bertz CT molecular complexity index is 834. The molecule has 1 saturated heterocycles. The predicted octanol–water partition coefficient (Wildman–Crippen LogP) is 1.14. The minimum Gasteiger partial charge on any atom is -0.385 e. The molecule has 0 spiro atoms. The van der Waals surface area contributed by atoms with Crippen LogP contribution in [0.5, 0.6) is 0 Å². The molecule has 1 fully saturated rings. The van der Waals surface area contributed by atoms with Gasteiger partial charge in [0.05, 0.1) is 11.0 Å². The van der Waals surface area contributed by atoms with Crippen LogP contribution >= 0.6 is 0 Å². The summed E-state index contributed by atoms with van der Waals surface area (Å²) in [5.41, 5.74) is 2.16. The second kappa shape index (κ2) is 5.91. The number of piperidine rings is 1. The van der Waals surface area contributed by atoms with E-state index in [0.717, 1.165) is 24.2 Å². The zero-order chi connectivity index (χ0) is 16.6. The fourth-order valence-electron chi connectivity index (χ4n) is 2.97. The topological polar surface area (TPSA) is 85.1 Å². The smallest absolute Gasteiger partial charge is 0.329 e. The molecule has 1 aromatic heterocycles. The first kappa shape index (κ1) is 15.3. The summed E-state index contributed by atoms with van der Waals surface area (Å²) in [6.07, 6.45) is 1.60. The number of aryl methyl sites for hydroxylation is 1. The number of carbonyl (C=O) groups is 2. The van der Waals surface area contributed by atoms with E-state index in [1.807, 2.05) is 18.2 Å². The molecule has 1 unspecified atom stereocenters. The van der Waals surface area contributed by atoms with E-state index in [9.17, 15) is 14.4 Å². The number of nitrogens with zero attached hydrogens (tertiary/aromatic N) is 2. The Morgan fingerprint density at radius 1 is 1.26 bits per heavy atom. The summed E-state index contributed by atoms with van der Waals surface area (Å²) < 4.78 is 3.02. The molecule has 23 heavy (non-hydrogen) atoms. The number of imidazole rings is 1. The third-order valence-electron chi connectivity index (χ3n) is 4.19. The molecule has 1 aliphatic heterocycles. The molecule has 2 heterocycles. The Morgan fingerprint density at radius 3 is 2.74 bits per heavy atom. The minimum absolute atomic E-state index is 0.245. The van der Waals surface area contributed by atoms with Gasteiger partial charge in [-0.2, -0.15) is 0 Å². The van der Waals surface area contributed by atoms with Gasteiger partial charge in [0.25, 0.3) is 0 Å². The van der Waals surface area contributed by atoms with E-state index >= 15 is 0 Å². The average molecular weight is 316 g/mol. The summed E-state index contributed by atoms with van der Waals surface area (Å²) in [4.78, 5) is 36.0. The number of hydrogen-bond acceptors (Lipinski definition) is 4. The summed E-state index contributed by atoms with van der Waals surface area (Å²) in [6.45, 7) is 2.94. The van der Waals surface area contributed by atoms with Gasteiger partial charge in [-0.1, -0.05) is 6.92 Å². The molecule has 3 rings (SSSR count). The normalized spacial score (nSPS) is 18.3. The van der Waals surface area contributed by atoms with Gasteiger partial charge in [-0.15, -0.1) is 0 Å². The van der Waals surface area contributed by atoms with Crippen molar-refractivity contribution < 1.29 is 9.59 Å². The fraction of sp³-hybridized carbons (Fsp3) is 0.438. The van der Waals surface area contributed by atoms with Gasteiger partial charge < -0.3 is 5.32 Å². The lowest BCUT2D eigenvalue weighted by Crippen LogP contribution is -2.44. The number of nitrogens with one attached hydrogen (secondary N) is 2. The number of imide groups is 1. The molecule has 2 aromatic rings. The largest absolute Gasteiger partial charge is 0.385 e. The third kappa shape index (κ3) is 2.62. The summed E-state index contributed by atoms with van der Waals surface area (Å²) >= 11 is 0. The zero-order valence-electron chi connectivity index (χ0n) is 13.3. The van der Waals surface area contributed by atoms with Crippen molar-refractivity contribution in [3.63, 3.8) is 0 Å². The molecule has 0 radical (unpaired) electrons. The summed E-state index contributed by atoms with van der Waals surface area (Å²) in [6, 6.07) is 5.02. The molecule has 122 valence electrons. The monoisotopic (exact) mass is 316 g/mol. The lowest BCUT2D eigenvalue weighted by Gasteiger charge is -2.21. The molecular weight excluding hydrogens is 296 g/mol. The zero-order valence-corrected chi connectivity index (χ0v) is 13.3. The van der Waals surface area contributed by atoms with Crippen molar-refractivity contribution in [2.45, 2.75) is 32.2 Å². The van der Waals surface area contributed by atoms with E-state index in [2.05, 4.69) is 17.6 Å². The number of carbonyl (C=O) groups excluding carboxylic acids is 2. The number of benzene rings is 1. The molecule has 7 heteroatoms. The molecule has 2 N–H and O–H groups in total. The molecule has 0 bridgehead atoms. The Balaban J connectivity index is 2.07. The van der Waals surface area contributed by atoms with Crippen LogP contribution in [-0.4, -0.2) is 27.5 Å². The van der Waals surface area contributed by atoms with Crippen molar-refractivity contribution in [2.75, 3.05) is 11.9 Å². The summed E-state index contributed by atoms with van der Waals surface area (Å²) in [5.74, 6) is -0.699. The number of anilines is 1. The maximum atomic E-state index is 12.6. The Labute approximate surface area is 133 Å². The van der Waals surface area contributed by atoms with E-state index in [0.29, 0.717) is 11.9 Å². The van der Waals surface area contributed by atoms with Crippen molar-refractivity contribution in [1.29, 1.82) is 0 Å². The Hall–Kier alpha value is -2.57. The van der Waals surface area contributed by atoms with E-state index < -0.39 is 11.9 Å². The first-order valence-corrected chi connectivity index (χ1v) is 7.81.